The normalized spacial score (nSPS) is 16.7. The zero-order chi connectivity index (χ0) is 26.9. The van der Waals surface area contributed by atoms with Gasteiger partial charge in [0.25, 0.3) is 0 Å². The van der Waals surface area contributed by atoms with Gasteiger partial charge >= 0.3 is 240 Å². The molecule has 218 valence electrons. The Kier molecular flexibility index (Phi) is 24.4. The van der Waals surface area contributed by atoms with Crippen molar-refractivity contribution in [2.24, 2.45) is 0 Å². The summed E-state index contributed by atoms with van der Waals surface area (Å²) in [5.41, 5.74) is 0. The number of ether oxygens (including phenoxy) is 2. The first-order valence-corrected chi connectivity index (χ1v) is 28.7. The van der Waals surface area contributed by atoms with Crippen LogP contribution in [-0.2, 0) is 19.1 Å². The first-order valence-electron chi connectivity index (χ1n) is 15.7. The van der Waals surface area contributed by atoms with Crippen LogP contribution in [0.1, 0.15) is 142 Å². The minimum absolute atomic E-state index is 0.129. The summed E-state index contributed by atoms with van der Waals surface area (Å²) in [6.45, 7) is 4.93. The second-order valence-corrected chi connectivity index (χ2v) is 37.2. The van der Waals surface area contributed by atoms with Crippen LogP contribution in [0.3, 0.4) is 0 Å². The van der Waals surface area contributed by atoms with E-state index in [1.165, 1.54) is 137 Å². The van der Waals surface area contributed by atoms with Crippen LogP contribution in [0.2, 0.25) is 8.87 Å². The monoisotopic (exact) mass is 666 g/mol. The van der Waals surface area contributed by atoms with Crippen LogP contribution in [0, 0.1) is 0 Å². The van der Waals surface area contributed by atoms with E-state index in [0.29, 0.717) is 11.5 Å². The molecule has 0 aliphatic carbocycles. The average Bonchev–Trinajstić information content (AvgIpc) is 2.93. The van der Waals surface area contributed by atoms with Crippen molar-refractivity contribution in [1.82, 2.24) is 0 Å². The van der Waals surface area contributed by atoms with Crippen LogP contribution >= 0.6 is 17.9 Å². The molecule has 0 aromatic rings. The summed E-state index contributed by atoms with van der Waals surface area (Å²) < 4.78 is 13.2. The molecule has 0 radical (unpaired) electrons. The van der Waals surface area contributed by atoms with E-state index in [9.17, 15) is 9.59 Å². The van der Waals surface area contributed by atoms with Gasteiger partial charge in [-0.1, -0.05) is 0 Å². The molecule has 1 heterocycles. The molecule has 1 saturated heterocycles. The molecule has 0 aromatic carbocycles. The number of hydrogen-bond donors (Lipinski definition) is 0. The van der Waals surface area contributed by atoms with Crippen molar-refractivity contribution in [3.8, 4) is 0 Å². The van der Waals surface area contributed by atoms with Crippen molar-refractivity contribution >= 4 is 45.4 Å². The van der Waals surface area contributed by atoms with Gasteiger partial charge in [0, 0.05) is 0 Å². The number of carbonyl (C=O) groups is 2. The van der Waals surface area contributed by atoms with Gasteiger partial charge in [-0.05, 0) is 0 Å². The fourth-order valence-corrected chi connectivity index (χ4v) is 31.9. The molecular weight excluding hydrogens is 607 g/mol. The molecule has 1 aliphatic rings. The third-order valence-electron chi connectivity index (χ3n) is 7.34. The molecule has 0 saturated carbocycles. The quantitative estimate of drug-likeness (QED) is 0.0652. The summed E-state index contributed by atoms with van der Waals surface area (Å²) in [6.07, 6.45) is 27.0. The first kappa shape index (κ1) is 35.5. The zero-order valence-electron chi connectivity index (χ0n) is 24.3. The number of rotatable bonds is 22. The number of cyclic esters (lactones) is 2. The molecule has 4 nitrogen and oxygen atoms in total. The van der Waals surface area contributed by atoms with Crippen molar-refractivity contribution in [1.29, 1.82) is 0 Å². The minimum atomic E-state index is -2.79. The molecule has 0 aromatic heterocycles. The summed E-state index contributed by atoms with van der Waals surface area (Å²) in [7, 11) is 3.87. The van der Waals surface area contributed by atoms with Crippen molar-refractivity contribution in [2.45, 2.75) is 151 Å². The van der Waals surface area contributed by atoms with E-state index in [4.69, 9.17) is 9.47 Å². The van der Waals surface area contributed by atoms with E-state index in [-0.39, 0.29) is 25.2 Å². The number of unbranched alkanes of at least 4 members (excludes halogenated alkanes) is 18. The van der Waals surface area contributed by atoms with Gasteiger partial charge in [-0.15, -0.1) is 0 Å². The van der Waals surface area contributed by atoms with Gasteiger partial charge in [-0.25, -0.2) is 0 Å². The number of carbonyl (C=O) groups excluding carboxylic acids is 2. The SMILES string of the molecule is CCCCCCCCCCC[CH2][Sn]1([CH2]CCCCCCCCCCC)[S]CC(=O)OCCOC(=O)C[S]1. The van der Waals surface area contributed by atoms with Crippen LogP contribution in [0.15, 0.2) is 0 Å². The summed E-state index contributed by atoms with van der Waals surface area (Å²) >= 11 is -2.79. The molecule has 0 atom stereocenters. The predicted molar refractivity (Wildman–Crippen MR) is 166 cm³/mol. The molecule has 1 rings (SSSR count). The molecule has 0 spiro atoms. The fourth-order valence-electron chi connectivity index (χ4n) is 4.99. The van der Waals surface area contributed by atoms with Crippen LogP contribution in [0.25, 0.3) is 0 Å². The van der Waals surface area contributed by atoms with Crippen LogP contribution in [0.4, 0.5) is 0 Å². The van der Waals surface area contributed by atoms with Crippen molar-refractivity contribution in [3.05, 3.63) is 0 Å². The third kappa shape index (κ3) is 20.9. The van der Waals surface area contributed by atoms with Gasteiger partial charge in [0.05, 0.1) is 0 Å². The van der Waals surface area contributed by atoms with E-state index >= 15 is 0 Å². The Morgan fingerprint density at radius 3 is 1.14 bits per heavy atom. The average molecular weight is 666 g/mol. The van der Waals surface area contributed by atoms with Crippen LogP contribution < -0.4 is 0 Å². The molecule has 0 unspecified atom stereocenters. The molecule has 37 heavy (non-hydrogen) atoms. The van der Waals surface area contributed by atoms with Gasteiger partial charge < -0.3 is 0 Å². The predicted octanol–water partition coefficient (Wildman–Crippen LogP) is 9.84. The van der Waals surface area contributed by atoms with Crippen molar-refractivity contribution in [2.75, 3.05) is 24.7 Å². The van der Waals surface area contributed by atoms with E-state index in [1.807, 2.05) is 17.9 Å². The molecule has 0 N–H and O–H groups in total. The van der Waals surface area contributed by atoms with Crippen molar-refractivity contribution < 1.29 is 19.1 Å². The zero-order valence-corrected chi connectivity index (χ0v) is 28.8. The molecule has 7 heteroatoms. The van der Waals surface area contributed by atoms with Gasteiger partial charge in [-0.3, -0.25) is 0 Å². The third-order valence-corrected chi connectivity index (χ3v) is 37.2. The van der Waals surface area contributed by atoms with Gasteiger partial charge in [-0.2, -0.15) is 0 Å². The van der Waals surface area contributed by atoms with E-state index in [1.54, 1.807) is 0 Å². The summed E-state index contributed by atoms with van der Waals surface area (Å²) in [5.74, 6) is 0.672. The molecule has 1 aliphatic heterocycles. The number of esters is 2. The van der Waals surface area contributed by atoms with E-state index in [0.717, 1.165) is 0 Å². The summed E-state index contributed by atoms with van der Waals surface area (Å²) in [4.78, 5) is 24.6. The standard InChI is InChI=1S/2C12H25.C6H10O4S2.Sn/c2*1-3-5-7-9-11-12-10-8-6-4-2;7-5(3-11)9-1-2-10-6(8)4-12;/h2*1,3-12H2,2H3;11-12H,1-4H2;/q;;;+2/p-2. The Balaban J connectivity index is 2.47. The fraction of sp³-hybridized carbons (Fsp3) is 0.933. The second-order valence-electron chi connectivity index (χ2n) is 10.8. The number of hydrogen-bond acceptors (Lipinski definition) is 6. The topological polar surface area (TPSA) is 52.6 Å². The van der Waals surface area contributed by atoms with Crippen molar-refractivity contribution in [3.63, 3.8) is 0 Å². The Morgan fingerprint density at radius 2 is 0.811 bits per heavy atom. The summed E-state index contributed by atoms with van der Waals surface area (Å²) in [5, 5.41) is 0. The van der Waals surface area contributed by atoms with Gasteiger partial charge in [0.15, 0.2) is 0 Å². The molecule has 0 bridgehead atoms. The Hall–Kier alpha value is 0.439. The maximum atomic E-state index is 12.3. The Labute approximate surface area is 239 Å². The van der Waals surface area contributed by atoms with Gasteiger partial charge in [0.2, 0.25) is 0 Å². The Bertz CT molecular complexity index is 514. The van der Waals surface area contributed by atoms with E-state index < -0.39 is 15.6 Å². The molecule has 1 fully saturated rings. The van der Waals surface area contributed by atoms with Gasteiger partial charge in [0.1, 0.15) is 0 Å². The first-order chi connectivity index (χ1) is 18.1. The summed E-state index contributed by atoms with van der Waals surface area (Å²) in [6, 6.07) is 0. The van der Waals surface area contributed by atoms with E-state index in [2.05, 4.69) is 13.8 Å². The Morgan fingerprint density at radius 1 is 0.514 bits per heavy atom. The van der Waals surface area contributed by atoms with Crippen LogP contribution in [-0.4, -0.2) is 52.3 Å². The maximum absolute atomic E-state index is 12.3. The molecular formula is C30H58O4S2Sn. The second kappa shape index (κ2) is 25.4. The van der Waals surface area contributed by atoms with Crippen LogP contribution in [0.5, 0.6) is 0 Å². The molecule has 0 amide bonds.